The third kappa shape index (κ3) is 4.94. The van der Waals surface area contributed by atoms with Crippen molar-refractivity contribution in [1.29, 1.82) is 0 Å². The van der Waals surface area contributed by atoms with Crippen LogP contribution in [0.1, 0.15) is 44.7 Å². The molecule has 7 heteroatoms. The van der Waals surface area contributed by atoms with Crippen molar-refractivity contribution in [3.05, 3.63) is 34.9 Å². The number of nitrogens with zero attached hydrogens (tertiary/aromatic N) is 1. The third-order valence-corrected chi connectivity index (χ3v) is 6.60. The van der Waals surface area contributed by atoms with Crippen LogP contribution in [0.25, 0.3) is 0 Å². The van der Waals surface area contributed by atoms with E-state index in [0.29, 0.717) is 30.8 Å². The van der Waals surface area contributed by atoms with Crippen molar-refractivity contribution in [2.45, 2.75) is 39.2 Å². The molecule has 0 radical (unpaired) electrons. The Morgan fingerprint density at radius 2 is 2.21 bits per heavy atom. The molecule has 2 rings (SSSR count). The standard InChI is InChI=1S/C17H25ClN2O3S/c1-3-10-24(22,23)20-9-5-7-15(12-20)17(21)19-13(2)14-6-4-8-16(18)11-14/h4,6,8,11,13,15H,3,5,7,9-10,12H2,1-2H3,(H,19,21)/t13-,15-/m1/s1. The van der Waals surface area contributed by atoms with Crippen molar-refractivity contribution in [3.8, 4) is 0 Å². The normalized spacial score (nSPS) is 20.5. The maximum Gasteiger partial charge on any atom is 0.224 e. The number of carbonyl (C=O) groups excluding carboxylic acids is 1. The fourth-order valence-corrected chi connectivity index (χ4v) is 4.77. The van der Waals surface area contributed by atoms with Crippen LogP contribution in [0.3, 0.4) is 0 Å². The number of halogens is 1. The van der Waals surface area contributed by atoms with Gasteiger partial charge >= 0.3 is 0 Å². The largest absolute Gasteiger partial charge is 0.349 e. The number of sulfonamides is 1. The summed E-state index contributed by atoms with van der Waals surface area (Å²) in [5.74, 6) is -0.258. The van der Waals surface area contributed by atoms with Crippen LogP contribution >= 0.6 is 11.6 Å². The minimum atomic E-state index is -3.25. The van der Waals surface area contributed by atoms with Crippen molar-refractivity contribution >= 4 is 27.5 Å². The lowest BCUT2D eigenvalue weighted by Gasteiger charge is -2.31. The average molecular weight is 373 g/mol. The van der Waals surface area contributed by atoms with E-state index < -0.39 is 10.0 Å². The lowest BCUT2D eigenvalue weighted by atomic mass is 9.98. The molecule has 1 aromatic carbocycles. The number of hydrogen-bond donors (Lipinski definition) is 1. The van der Waals surface area contributed by atoms with Crippen LogP contribution in [0.5, 0.6) is 0 Å². The first-order valence-electron chi connectivity index (χ1n) is 8.37. The van der Waals surface area contributed by atoms with Crippen LogP contribution in [0.4, 0.5) is 0 Å². The number of amides is 1. The fourth-order valence-electron chi connectivity index (χ4n) is 2.99. The van der Waals surface area contributed by atoms with Gasteiger partial charge in [0, 0.05) is 18.1 Å². The molecule has 1 fully saturated rings. The van der Waals surface area contributed by atoms with E-state index in [4.69, 9.17) is 11.6 Å². The summed E-state index contributed by atoms with van der Waals surface area (Å²) in [7, 11) is -3.25. The van der Waals surface area contributed by atoms with Crippen LogP contribution < -0.4 is 5.32 Å². The summed E-state index contributed by atoms with van der Waals surface area (Å²) in [5.41, 5.74) is 0.933. The van der Waals surface area contributed by atoms with Crippen LogP contribution in [-0.4, -0.2) is 37.5 Å². The smallest absolute Gasteiger partial charge is 0.224 e. The maximum absolute atomic E-state index is 12.5. The zero-order valence-electron chi connectivity index (χ0n) is 14.2. The van der Waals surface area contributed by atoms with E-state index in [2.05, 4.69) is 5.32 Å². The molecule has 2 atom stereocenters. The molecule has 1 aliphatic rings. The molecule has 0 saturated carbocycles. The first-order valence-corrected chi connectivity index (χ1v) is 10.4. The Labute approximate surface area is 149 Å². The van der Waals surface area contributed by atoms with Crippen molar-refractivity contribution in [2.24, 2.45) is 5.92 Å². The Morgan fingerprint density at radius 3 is 2.88 bits per heavy atom. The molecule has 0 aliphatic carbocycles. The van der Waals surface area contributed by atoms with E-state index in [1.54, 1.807) is 6.07 Å². The van der Waals surface area contributed by atoms with E-state index in [9.17, 15) is 13.2 Å². The number of rotatable bonds is 6. The molecule has 0 aromatic heterocycles. The predicted molar refractivity (Wildman–Crippen MR) is 96.4 cm³/mol. The summed E-state index contributed by atoms with van der Waals surface area (Å²) in [5, 5.41) is 3.61. The SMILES string of the molecule is CCCS(=O)(=O)N1CCC[C@@H](C(=O)N[C@H](C)c2cccc(Cl)c2)C1. The molecule has 1 amide bonds. The lowest BCUT2D eigenvalue weighted by Crippen LogP contribution is -2.46. The van der Waals surface area contributed by atoms with Gasteiger partial charge < -0.3 is 5.32 Å². The minimum absolute atomic E-state index is 0.0983. The number of carbonyl (C=O) groups is 1. The van der Waals surface area contributed by atoms with E-state index in [1.165, 1.54) is 4.31 Å². The summed E-state index contributed by atoms with van der Waals surface area (Å²) >= 11 is 5.99. The molecular weight excluding hydrogens is 348 g/mol. The molecule has 5 nitrogen and oxygen atoms in total. The van der Waals surface area contributed by atoms with Gasteiger partial charge in [0.25, 0.3) is 0 Å². The van der Waals surface area contributed by atoms with Gasteiger partial charge in [0.15, 0.2) is 0 Å². The predicted octanol–water partition coefficient (Wildman–Crippen LogP) is 2.97. The topological polar surface area (TPSA) is 66.5 Å². The summed E-state index contributed by atoms with van der Waals surface area (Å²) in [6.45, 7) is 4.53. The highest BCUT2D eigenvalue weighted by atomic mass is 35.5. The highest BCUT2D eigenvalue weighted by Crippen LogP contribution is 2.22. The van der Waals surface area contributed by atoms with Gasteiger partial charge in [-0.3, -0.25) is 4.79 Å². The zero-order chi connectivity index (χ0) is 17.7. The molecule has 1 saturated heterocycles. The number of benzene rings is 1. The first kappa shape index (κ1) is 19.2. The lowest BCUT2D eigenvalue weighted by molar-refractivity contribution is -0.126. The highest BCUT2D eigenvalue weighted by Gasteiger charge is 2.32. The Bertz CT molecular complexity index is 678. The van der Waals surface area contributed by atoms with Gasteiger partial charge in [-0.25, -0.2) is 12.7 Å². The van der Waals surface area contributed by atoms with Crippen molar-refractivity contribution in [2.75, 3.05) is 18.8 Å². The highest BCUT2D eigenvalue weighted by molar-refractivity contribution is 7.89. The Balaban J connectivity index is 1.99. The number of piperidine rings is 1. The Kier molecular flexibility index (Phi) is 6.66. The second kappa shape index (κ2) is 8.32. The van der Waals surface area contributed by atoms with E-state index in [0.717, 1.165) is 5.56 Å². The van der Waals surface area contributed by atoms with Crippen LogP contribution in [-0.2, 0) is 14.8 Å². The van der Waals surface area contributed by atoms with Crippen molar-refractivity contribution in [1.82, 2.24) is 9.62 Å². The van der Waals surface area contributed by atoms with Gasteiger partial charge in [0.1, 0.15) is 0 Å². The minimum Gasteiger partial charge on any atom is -0.349 e. The van der Waals surface area contributed by atoms with Gasteiger partial charge in [-0.15, -0.1) is 0 Å². The molecule has 0 bridgehead atoms. The van der Waals surface area contributed by atoms with E-state index in [-0.39, 0.29) is 30.2 Å². The van der Waals surface area contributed by atoms with Gasteiger partial charge in [-0.05, 0) is 43.9 Å². The summed E-state index contributed by atoms with van der Waals surface area (Å²) in [6, 6.07) is 7.21. The Morgan fingerprint density at radius 1 is 1.46 bits per heavy atom. The average Bonchev–Trinajstić information content (AvgIpc) is 2.55. The molecule has 1 heterocycles. The van der Waals surface area contributed by atoms with Crippen LogP contribution in [0.2, 0.25) is 5.02 Å². The van der Waals surface area contributed by atoms with Crippen LogP contribution in [0.15, 0.2) is 24.3 Å². The third-order valence-electron chi connectivity index (χ3n) is 4.32. The summed E-state index contributed by atoms with van der Waals surface area (Å²) in [6.07, 6.45) is 2.01. The van der Waals surface area contributed by atoms with Gasteiger partial charge in [-0.1, -0.05) is 30.7 Å². The van der Waals surface area contributed by atoms with Crippen molar-refractivity contribution < 1.29 is 13.2 Å². The molecule has 0 unspecified atom stereocenters. The molecule has 134 valence electrons. The molecule has 1 aromatic rings. The monoisotopic (exact) mass is 372 g/mol. The first-order chi connectivity index (χ1) is 11.3. The summed E-state index contributed by atoms with van der Waals surface area (Å²) in [4.78, 5) is 12.5. The maximum atomic E-state index is 12.5. The molecular formula is C17H25ClN2O3S. The Hall–Kier alpha value is -1.11. The summed E-state index contributed by atoms with van der Waals surface area (Å²) < 4.78 is 25.9. The zero-order valence-corrected chi connectivity index (χ0v) is 15.7. The van der Waals surface area contributed by atoms with Gasteiger partial charge in [0.05, 0.1) is 17.7 Å². The number of nitrogens with one attached hydrogen (secondary N) is 1. The second-order valence-corrected chi connectivity index (χ2v) is 8.82. The van der Waals surface area contributed by atoms with Gasteiger partial charge in [0.2, 0.25) is 15.9 Å². The van der Waals surface area contributed by atoms with E-state index >= 15 is 0 Å². The fraction of sp³-hybridized carbons (Fsp3) is 0.588. The molecule has 0 spiro atoms. The van der Waals surface area contributed by atoms with Crippen molar-refractivity contribution in [3.63, 3.8) is 0 Å². The quantitative estimate of drug-likeness (QED) is 0.834. The molecule has 1 N–H and O–H groups in total. The molecule has 1 aliphatic heterocycles. The van der Waals surface area contributed by atoms with Gasteiger partial charge in [-0.2, -0.15) is 0 Å². The second-order valence-electron chi connectivity index (χ2n) is 6.30. The molecule has 24 heavy (non-hydrogen) atoms. The van der Waals surface area contributed by atoms with E-state index in [1.807, 2.05) is 32.0 Å². The van der Waals surface area contributed by atoms with Crippen LogP contribution in [0, 0.1) is 5.92 Å². The number of hydrogen-bond acceptors (Lipinski definition) is 3.